The van der Waals surface area contributed by atoms with Gasteiger partial charge in [0.1, 0.15) is 9.79 Å². The van der Waals surface area contributed by atoms with Gasteiger partial charge in [0, 0.05) is 5.69 Å². The summed E-state index contributed by atoms with van der Waals surface area (Å²) < 4.78 is 46.5. The first-order valence-corrected chi connectivity index (χ1v) is 10.9. The van der Waals surface area contributed by atoms with Crippen LogP contribution in [-0.2, 0) is 20.0 Å². The topological polar surface area (TPSA) is 161 Å². The number of carbonyl (C=O) groups is 1. The van der Waals surface area contributed by atoms with Crippen LogP contribution in [0, 0.1) is 0 Å². The minimum absolute atomic E-state index is 0.181. The van der Waals surface area contributed by atoms with Crippen LogP contribution >= 0.6 is 34.8 Å². The Labute approximate surface area is 169 Å². The van der Waals surface area contributed by atoms with Crippen molar-refractivity contribution in [1.29, 1.82) is 0 Å². The number of primary sulfonamides is 2. The molecule has 0 aliphatic rings. The van der Waals surface area contributed by atoms with Crippen molar-refractivity contribution in [3.63, 3.8) is 0 Å². The number of nitrogens with two attached hydrogens (primary N) is 2. The number of sulfonamides is 2. The van der Waals surface area contributed by atoms with Crippen LogP contribution in [0.5, 0.6) is 0 Å². The molecule has 0 aromatic heterocycles. The summed E-state index contributed by atoms with van der Waals surface area (Å²) in [6, 6.07) is 4.93. The molecule has 2 aromatic carbocycles. The number of urea groups is 1. The van der Waals surface area contributed by atoms with Gasteiger partial charge in [-0.3, -0.25) is 0 Å². The van der Waals surface area contributed by atoms with Crippen LogP contribution in [0.25, 0.3) is 0 Å². The number of anilines is 2. The van der Waals surface area contributed by atoms with Crippen LogP contribution in [0.15, 0.2) is 40.1 Å². The van der Waals surface area contributed by atoms with Gasteiger partial charge in [0.25, 0.3) is 0 Å². The van der Waals surface area contributed by atoms with Gasteiger partial charge in [-0.2, -0.15) is 0 Å². The number of halogens is 3. The molecule has 146 valence electrons. The first-order valence-electron chi connectivity index (χ1n) is 6.71. The molecule has 0 spiro atoms. The van der Waals surface area contributed by atoms with Gasteiger partial charge in [-0.05, 0) is 30.3 Å². The predicted octanol–water partition coefficient (Wildman–Crippen LogP) is 2.59. The monoisotopic (exact) mass is 472 g/mol. The third-order valence-electron chi connectivity index (χ3n) is 3.07. The maximum Gasteiger partial charge on any atom is 0.323 e. The molecule has 0 aliphatic carbocycles. The molecule has 2 aromatic rings. The summed E-state index contributed by atoms with van der Waals surface area (Å²) in [5, 5.41) is 14.7. The Morgan fingerprint density at radius 3 is 1.89 bits per heavy atom. The normalized spacial score (nSPS) is 11.9. The largest absolute Gasteiger partial charge is 0.323 e. The van der Waals surface area contributed by atoms with E-state index < -0.39 is 40.9 Å². The molecule has 2 rings (SSSR count). The smallest absolute Gasteiger partial charge is 0.308 e. The number of rotatable bonds is 4. The van der Waals surface area contributed by atoms with Crippen molar-refractivity contribution in [3.8, 4) is 0 Å². The van der Waals surface area contributed by atoms with Crippen molar-refractivity contribution >= 4 is 72.3 Å². The zero-order chi connectivity index (χ0) is 20.6. The Kier molecular flexibility index (Phi) is 6.26. The van der Waals surface area contributed by atoms with Crippen LogP contribution in [0.1, 0.15) is 0 Å². The van der Waals surface area contributed by atoms with Gasteiger partial charge in [0.15, 0.2) is 0 Å². The van der Waals surface area contributed by atoms with E-state index in [4.69, 9.17) is 45.1 Å². The number of nitrogens with one attached hydrogen (secondary N) is 2. The predicted molar refractivity (Wildman–Crippen MR) is 103 cm³/mol. The van der Waals surface area contributed by atoms with Crippen molar-refractivity contribution in [2.75, 3.05) is 10.6 Å². The van der Waals surface area contributed by atoms with Crippen molar-refractivity contribution in [2.45, 2.75) is 9.79 Å². The highest BCUT2D eigenvalue weighted by molar-refractivity contribution is 7.90. The molecule has 0 heterocycles. The average Bonchev–Trinajstić information content (AvgIpc) is 2.48. The zero-order valence-corrected chi connectivity index (χ0v) is 16.9. The van der Waals surface area contributed by atoms with Gasteiger partial charge < -0.3 is 10.6 Å². The molecule has 0 radical (unpaired) electrons. The number of hydrogen-bond acceptors (Lipinski definition) is 5. The number of amides is 2. The second-order valence-corrected chi connectivity index (χ2v) is 9.36. The molecule has 2 amide bonds. The summed E-state index contributed by atoms with van der Waals surface area (Å²) in [6.07, 6.45) is 0. The van der Waals surface area contributed by atoms with Crippen molar-refractivity contribution < 1.29 is 21.6 Å². The van der Waals surface area contributed by atoms with E-state index in [1.165, 1.54) is 18.2 Å². The fourth-order valence-electron chi connectivity index (χ4n) is 1.94. The molecular weight excluding hydrogens is 463 g/mol. The molecule has 0 saturated carbocycles. The van der Waals surface area contributed by atoms with Crippen molar-refractivity contribution in [1.82, 2.24) is 0 Å². The van der Waals surface area contributed by atoms with Crippen LogP contribution < -0.4 is 20.9 Å². The fourth-order valence-corrected chi connectivity index (χ4v) is 4.11. The fraction of sp³-hybridized carbons (Fsp3) is 0. The molecule has 0 unspecified atom stereocenters. The van der Waals surface area contributed by atoms with Gasteiger partial charge >= 0.3 is 6.03 Å². The molecule has 0 bridgehead atoms. The molecule has 14 heteroatoms. The summed E-state index contributed by atoms with van der Waals surface area (Å²) in [5.74, 6) is 0. The van der Waals surface area contributed by atoms with Gasteiger partial charge in [-0.1, -0.05) is 34.8 Å². The quantitative estimate of drug-likeness (QED) is 0.535. The van der Waals surface area contributed by atoms with E-state index in [-0.39, 0.29) is 21.4 Å². The van der Waals surface area contributed by atoms with E-state index in [0.29, 0.717) is 6.07 Å². The Morgan fingerprint density at radius 2 is 1.37 bits per heavy atom. The van der Waals surface area contributed by atoms with E-state index in [0.717, 1.165) is 6.07 Å². The minimum Gasteiger partial charge on any atom is -0.308 e. The van der Waals surface area contributed by atoms with Gasteiger partial charge in [-0.25, -0.2) is 31.9 Å². The molecule has 0 aliphatic heterocycles. The minimum atomic E-state index is -4.42. The molecule has 0 fully saturated rings. The lowest BCUT2D eigenvalue weighted by molar-refractivity contribution is 0.262. The average molecular weight is 474 g/mol. The SMILES string of the molecule is NS(=O)(=O)c1cc(S(N)(=O)=O)c(NC(=O)Nc2ccc(Cl)c(Cl)c2)cc1Cl. The summed E-state index contributed by atoms with van der Waals surface area (Å²) in [5.41, 5.74) is -0.0984. The summed E-state index contributed by atoms with van der Waals surface area (Å²) in [4.78, 5) is 10.8. The number of hydrogen-bond donors (Lipinski definition) is 4. The molecule has 0 atom stereocenters. The third kappa shape index (κ3) is 5.45. The first-order chi connectivity index (χ1) is 12.3. The first kappa shape index (κ1) is 21.7. The molecular formula is C13H11Cl3N4O5S2. The highest BCUT2D eigenvalue weighted by Gasteiger charge is 2.23. The molecule has 0 saturated heterocycles. The maximum atomic E-state index is 12.1. The van der Waals surface area contributed by atoms with Gasteiger partial charge in [0.05, 0.1) is 20.8 Å². The molecule has 6 N–H and O–H groups in total. The van der Waals surface area contributed by atoms with E-state index >= 15 is 0 Å². The second-order valence-electron chi connectivity index (χ2n) is 5.08. The van der Waals surface area contributed by atoms with Crippen LogP contribution in [0.4, 0.5) is 16.2 Å². The van der Waals surface area contributed by atoms with Crippen LogP contribution in [-0.4, -0.2) is 22.9 Å². The molecule has 9 nitrogen and oxygen atoms in total. The lowest BCUT2D eigenvalue weighted by atomic mass is 10.3. The second kappa shape index (κ2) is 7.80. The van der Waals surface area contributed by atoms with Crippen LogP contribution in [0.3, 0.4) is 0 Å². The van der Waals surface area contributed by atoms with E-state index in [2.05, 4.69) is 10.6 Å². The van der Waals surface area contributed by atoms with Gasteiger partial charge in [-0.15, -0.1) is 0 Å². The standard InChI is InChI=1S/C13H11Cl3N4O5S2/c14-7-2-1-6(3-8(7)15)19-13(21)20-10-4-9(16)11(26(17,22)23)5-12(10)27(18,24)25/h1-5H,(H2,17,22,23)(H2,18,24,25)(H2,19,20,21). The van der Waals surface area contributed by atoms with E-state index in [1.807, 2.05) is 0 Å². The van der Waals surface area contributed by atoms with Crippen molar-refractivity contribution in [3.05, 3.63) is 45.4 Å². The van der Waals surface area contributed by atoms with Gasteiger partial charge in [0.2, 0.25) is 20.0 Å². The summed E-state index contributed by atoms with van der Waals surface area (Å²) in [7, 11) is -8.75. The molecule has 27 heavy (non-hydrogen) atoms. The lowest BCUT2D eigenvalue weighted by Crippen LogP contribution is -2.23. The highest BCUT2D eigenvalue weighted by atomic mass is 35.5. The third-order valence-corrected chi connectivity index (χ3v) is 6.14. The summed E-state index contributed by atoms with van der Waals surface area (Å²) >= 11 is 17.4. The number of carbonyl (C=O) groups excluding carboxylic acids is 1. The lowest BCUT2D eigenvalue weighted by Gasteiger charge is -2.13. The summed E-state index contributed by atoms with van der Waals surface area (Å²) in [6.45, 7) is 0. The zero-order valence-electron chi connectivity index (χ0n) is 13.0. The number of benzene rings is 2. The Morgan fingerprint density at radius 1 is 0.778 bits per heavy atom. The maximum absolute atomic E-state index is 12.1. The van der Waals surface area contributed by atoms with E-state index in [1.54, 1.807) is 0 Å². The van der Waals surface area contributed by atoms with Crippen LogP contribution in [0.2, 0.25) is 15.1 Å². The highest BCUT2D eigenvalue weighted by Crippen LogP contribution is 2.31. The van der Waals surface area contributed by atoms with Crippen molar-refractivity contribution in [2.24, 2.45) is 10.3 Å². The Balaban J connectivity index is 2.41. The Bertz CT molecular complexity index is 1140. The Hall–Kier alpha value is -1.60. The van der Waals surface area contributed by atoms with E-state index in [9.17, 15) is 21.6 Å².